The number of H-pyrrole nitrogens is 2. The Morgan fingerprint density at radius 1 is 1.00 bits per heavy atom. The first-order valence-corrected chi connectivity index (χ1v) is 10.2. The number of benzene rings is 2. The minimum Gasteiger partial charge on any atom is -0.350 e. The second kappa shape index (κ2) is 6.97. The van der Waals surface area contributed by atoms with E-state index in [1.807, 2.05) is 39.8 Å². The third-order valence-corrected chi connectivity index (χ3v) is 6.48. The first-order chi connectivity index (χ1) is 14.0. The number of nitrogens with zero attached hydrogens (tertiary/aromatic N) is 2. The van der Waals surface area contributed by atoms with Crippen molar-refractivity contribution >= 4 is 51.0 Å². The lowest BCUT2D eigenvalue weighted by Gasteiger charge is -2.32. The Morgan fingerprint density at radius 2 is 1.76 bits per heavy atom. The third-order valence-electron chi connectivity index (χ3n) is 5.66. The highest BCUT2D eigenvalue weighted by atomic mass is 35.5. The molecule has 0 bridgehead atoms. The van der Waals surface area contributed by atoms with Crippen LogP contribution >= 0.6 is 23.2 Å². The molecule has 0 saturated carbocycles. The van der Waals surface area contributed by atoms with Gasteiger partial charge in [-0.15, -0.1) is 0 Å². The summed E-state index contributed by atoms with van der Waals surface area (Å²) in [6.07, 6.45) is 1.45. The van der Waals surface area contributed by atoms with E-state index in [-0.39, 0.29) is 17.6 Å². The highest BCUT2D eigenvalue weighted by Crippen LogP contribution is 2.32. The van der Waals surface area contributed by atoms with Crippen LogP contribution in [0.15, 0.2) is 47.3 Å². The van der Waals surface area contributed by atoms with Gasteiger partial charge in [0.1, 0.15) is 5.69 Å². The minimum absolute atomic E-state index is 0.0682. The molecule has 6 nitrogen and oxygen atoms in total. The van der Waals surface area contributed by atoms with E-state index in [1.165, 1.54) is 0 Å². The van der Waals surface area contributed by atoms with Crippen molar-refractivity contribution in [3.63, 3.8) is 0 Å². The van der Waals surface area contributed by atoms with E-state index in [4.69, 9.17) is 23.2 Å². The number of fused-ring (bicyclic) bond motifs is 2. The average molecular weight is 429 g/mol. The summed E-state index contributed by atoms with van der Waals surface area (Å²) in [7, 11) is 0. The zero-order chi connectivity index (χ0) is 20.1. The number of imidazole rings is 1. The van der Waals surface area contributed by atoms with Crippen LogP contribution in [-0.4, -0.2) is 38.4 Å². The van der Waals surface area contributed by atoms with Crippen molar-refractivity contribution in [1.82, 2.24) is 19.4 Å². The second-order valence-corrected chi connectivity index (χ2v) is 8.13. The predicted octanol–water partition coefficient (Wildman–Crippen LogP) is 4.60. The molecule has 1 amide bonds. The molecule has 1 fully saturated rings. The first kappa shape index (κ1) is 18.3. The summed E-state index contributed by atoms with van der Waals surface area (Å²) in [6, 6.07) is 13.0. The van der Waals surface area contributed by atoms with Crippen molar-refractivity contribution in [3.8, 4) is 0 Å². The van der Waals surface area contributed by atoms with Gasteiger partial charge in [0.2, 0.25) is 0 Å². The largest absolute Gasteiger partial charge is 0.350 e. The van der Waals surface area contributed by atoms with Gasteiger partial charge in [-0.1, -0.05) is 35.3 Å². The zero-order valence-corrected chi connectivity index (χ0v) is 16.9. The number of nitrogens with one attached hydrogen (secondary N) is 2. The molecule has 4 aromatic rings. The van der Waals surface area contributed by atoms with Crippen LogP contribution in [0.1, 0.15) is 29.4 Å². The molecule has 2 N–H and O–H groups in total. The SMILES string of the molecule is O=C(c1cc2c(Cl)c(Cl)ccc2[nH]1)N1CCC(n2c(=O)[nH]c3ccccc32)CC1. The van der Waals surface area contributed by atoms with Crippen LogP contribution in [0.3, 0.4) is 0 Å². The molecular formula is C21H18Cl2N4O2. The fourth-order valence-electron chi connectivity index (χ4n) is 4.19. The molecule has 3 heterocycles. The number of carbonyl (C=O) groups excluding carboxylic acids is 1. The van der Waals surface area contributed by atoms with E-state index >= 15 is 0 Å². The maximum Gasteiger partial charge on any atom is 0.326 e. The predicted molar refractivity (Wildman–Crippen MR) is 115 cm³/mol. The van der Waals surface area contributed by atoms with Crippen LogP contribution in [-0.2, 0) is 0 Å². The van der Waals surface area contributed by atoms with E-state index in [9.17, 15) is 9.59 Å². The van der Waals surface area contributed by atoms with Gasteiger partial charge in [0.15, 0.2) is 0 Å². The van der Waals surface area contributed by atoms with Crippen molar-refractivity contribution in [3.05, 3.63) is 68.7 Å². The second-order valence-electron chi connectivity index (χ2n) is 7.35. The monoisotopic (exact) mass is 428 g/mol. The van der Waals surface area contributed by atoms with E-state index in [0.29, 0.717) is 28.8 Å². The van der Waals surface area contributed by atoms with Gasteiger partial charge in [-0.2, -0.15) is 0 Å². The number of hydrogen-bond donors (Lipinski definition) is 2. The minimum atomic E-state index is -0.0990. The van der Waals surface area contributed by atoms with Crippen molar-refractivity contribution in [2.45, 2.75) is 18.9 Å². The zero-order valence-electron chi connectivity index (χ0n) is 15.4. The number of aromatic amines is 2. The quantitative estimate of drug-likeness (QED) is 0.489. The highest BCUT2D eigenvalue weighted by molar-refractivity contribution is 6.45. The smallest absolute Gasteiger partial charge is 0.326 e. The van der Waals surface area contributed by atoms with Crippen molar-refractivity contribution in [2.75, 3.05) is 13.1 Å². The molecule has 0 aliphatic carbocycles. The summed E-state index contributed by atoms with van der Waals surface area (Å²) in [6.45, 7) is 1.17. The molecule has 5 rings (SSSR count). The lowest BCUT2D eigenvalue weighted by atomic mass is 10.0. The maximum absolute atomic E-state index is 13.0. The van der Waals surface area contributed by atoms with Crippen molar-refractivity contribution in [1.29, 1.82) is 0 Å². The number of halogens is 2. The van der Waals surface area contributed by atoms with Crippen LogP contribution in [0.2, 0.25) is 10.0 Å². The number of piperidine rings is 1. The molecular weight excluding hydrogens is 411 g/mol. The number of rotatable bonds is 2. The van der Waals surface area contributed by atoms with Gasteiger partial charge in [-0.05, 0) is 43.2 Å². The van der Waals surface area contributed by atoms with Crippen molar-refractivity contribution in [2.24, 2.45) is 0 Å². The average Bonchev–Trinajstić information content (AvgIpc) is 3.31. The topological polar surface area (TPSA) is 73.9 Å². The highest BCUT2D eigenvalue weighted by Gasteiger charge is 2.27. The normalized spacial score (nSPS) is 15.4. The van der Waals surface area contributed by atoms with Crippen LogP contribution < -0.4 is 5.69 Å². The number of carbonyl (C=O) groups is 1. The molecule has 1 aliphatic heterocycles. The van der Waals surface area contributed by atoms with Gasteiger partial charge in [-0.25, -0.2) is 4.79 Å². The molecule has 148 valence electrons. The summed E-state index contributed by atoms with van der Waals surface area (Å²) in [5.74, 6) is -0.0712. The number of para-hydroxylation sites is 2. The number of likely N-dealkylation sites (tertiary alicyclic amines) is 1. The fraction of sp³-hybridized carbons (Fsp3) is 0.238. The van der Waals surface area contributed by atoms with Crippen LogP contribution in [0.4, 0.5) is 0 Å². The van der Waals surface area contributed by atoms with E-state index < -0.39 is 0 Å². The molecule has 8 heteroatoms. The standard InChI is InChI=1S/C21H18Cl2N4O2/c22-14-5-6-15-13(19(14)23)11-17(24-15)20(28)26-9-7-12(8-10-26)27-18-4-2-1-3-16(18)25-21(27)29/h1-6,11-12,24H,7-10H2,(H,25,29). The van der Waals surface area contributed by atoms with Gasteiger partial charge >= 0.3 is 5.69 Å². The Bertz CT molecular complexity index is 1300. The Balaban J connectivity index is 1.36. The Kier molecular flexibility index (Phi) is 4.41. The number of aromatic nitrogens is 3. The lowest BCUT2D eigenvalue weighted by molar-refractivity contribution is 0.0690. The van der Waals surface area contributed by atoms with Crippen molar-refractivity contribution < 1.29 is 4.79 Å². The molecule has 0 radical (unpaired) electrons. The summed E-state index contributed by atoms with van der Waals surface area (Å²) in [5.41, 5.74) is 2.92. The molecule has 0 spiro atoms. The van der Waals surface area contributed by atoms with E-state index in [2.05, 4.69) is 9.97 Å². The molecule has 0 atom stereocenters. The van der Waals surface area contributed by atoms with E-state index in [0.717, 1.165) is 34.8 Å². The van der Waals surface area contributed by atoms with Gasteiger partial charge < -0.3 is 14.9 Å². The van der Waals surface area contributed by atoms with Gasteiger partial charge in [0.05, 0.1) is 21.1 Å². The molecule has 0 unspecified atom stereocenters. The summed E-state index contributed by atoms with van der Waals surface area (Å²) in [4.78, 5) is 33.3. The fourth-order valence-corrected chi connectivity index (χ4v) is 4.58. The van der Waals surface area contributed by atoms with Crippen LogP contribution in [0.25, 0.3) is 21.9 Å². The summed E-state index contributed by atoms with van der Waals surface area (Å²) >= 11 is 12.3. The maximum atomic E-state index is 13.0. The number of amides is 1. The van der Waals surface area contributed by atoms with Crippen LogP contribution in [0, 0.1) is 0 Å². The molecule has 29 heavy (non-hydrogen) atoms. The molecule has 2 aromatic carbocycles. The van der Waals surface area contributed by atoms with Gasteiger partial charge in [0, 0.05) is 30.0 Å². The van der Waals surface area contributed by atoms with Gasteiger partial charge in [0.25, 0.3) is 5.91 Å². The first-order valence-electron chi connectivity index (χ1n) is 9.48. The van der Waals surface area contributed by atoms with Crippen LogP contribution in [0.5, 0.6) is 0 Å². The molecule has 1 saturated heterocycles. The summed E-state index contributed by atoms with van der Waals surface area (Å²) < 4.78 is 1.82. The molecule has 2 aromatic heterocycles. The third kappa shape index (κ3) is 3.03. The lowest BCUT2D eigenvalue weighted by Crippen LogP contribution is -2.40. The Morgan fingerprint density at radius 3 is 2.55 bits per heavy atom. The van der Waals surface area contributed by atoms with E-state index in [1.54, 1.807) is 12.1 Å². The Hall–Kier alpha value is -2.70. The summed E-state index contributed by atoms with van der Waals surface area (Å²) in [5, 5.41) is 1.64. The van der Waals surface area contributed by atoms with Gasteiger partial charge in [-0.3, -0.25) is 9.36 Å². The number of hydrogen-bond acceptors (Lipinski definition) is 2. The Labute approximate surface area is 176 Å². The molecule has 1 aliphatic rings.